The van der Waals surface area contributed by atoms with E-state index in [4.69, 9.17) is 10.5 Å². The van der Waals surface area contributed by atoms with Crippen LogP contribution in [0.4, 0.5) is 13.6 Å². The highest BCUT2D eigenvalue weighted by Crippen LogP contribution is 2.45. The minimum absolute atomic E-state index is 0.0943. The second kappa shape index (κ2) is 7.88. The highest BCUT2D eigenvalue weighted by molar-refractivity contribution is 5.78. The van der Waals surface area contributed by atoms with Crippen molar-refractivity contribution in [2.75, 3.05) is 19.7 Å². The van der Waals surface area contributed by atoms with Gasteiger partial charge < -0.3 is 20.7 Å². The number of nitrogens with two attached hydrogens (primary N) is 1. The smallest absolute Gasteiger partial charge is 0.409 e. The Labute approximate surface area is 151 Å². The van der Waals surface area contributed by atoms with E-state index in [-0.39, 0.29) is 35.6 Å². The lowest BCUT2D eigenvalue weighted by Gasteiger charge is -2.31. The Balaban J connectivity index is 1.49. The van der Waals surface area contributed by atoms with Gasteiger partial charge in [0.25, 0.3) is 0 Å². The van der Waals surface area contributed by atoms with E-state index >= 15 is 0 Å². The lowest BCUT2D eigenvalue weighted by Crippen LogP contribution is -2.48. The summed E-state index contributed by atoms with van der Waals surface area (Å²) in [5, 5.41) is 3.14. The molecule has 3 N–H and O–H groups in total. The van der Waals surface area contributed by atoms with Gasteiger partial charge in [0, 0.05) is 30.6 Å². The molecule has 2 unspecified atom stereocenters. The molecule has 1 saturated heterocycles. The molecule has 2 atom stereocenters. The zero-order valence-electron chi connectivity index (χ0n) is 14.8. The number of likely N-dealkylation sites (tertiary alicyclic amines) is 1. The Kier molecular flexibility index (Phi) is 5.58. The first-order valence-corrected chi connectivity index (χ1v) is 8.95. The number of amides is 1. The van der Waals surface area contributed by atoms with Crippen LogP contribution in [0, 0.1) is 11.6 Å². The molecule has 3 rings (SSSR count). The van der Waals surface area contributed by atoms with Gasteiger partial charge in [0.2, 0.25) is 0 Å². The van der Waals surface area contributed by atoms with Gasteiger partial charge in [-0.3, -0.25) is 0 Å². The molecule has 1 amide bonds. The number of rotatable bonds is 4. The van der Waals surface area contributed by atoms with Crippen molar-refractivity contribution in [3.05, 3.63) is 35.4 Å². The molecule has 2 aliphatic rings. The minimum Gasteiger partial charge on any atom is -0.450 e. The van der Waals surface area contributed by atoms with Gasteiger partial charge >= 0.3 is 6.09 Å². The lowest BCUT2D eigenvalue weighted by atomic mass is 10.1. The Morgan fingerprint density at radius 2 is 2.00 bits per heavy atom. The zero-order valence-corrected chi connectivity index (χ0v) is 14.8. The molecular formula is C18H24F2N4O2. The van der Waals surface area contributed by atoms with Gasteiger partial charge in [-0.2, -0.15) is 0 Å². The Morgan fingerprint density at radius 3 is 2.62 bits per heavy atom. The summed E-state index contributed by atoms with van der Waals surface area (Å²) < 4.78 is 32.6. The maximum Gasteiger partial charge on any atom is 0.409 e. The van der Waals surface area contributed by atoms with Crippen molar-refractivity contribution >= 4 is 12.1 Å². The SMILES string of the molecule is CCOC(=O)N1CCC(NC(N)=NC2CC2c2c(F)cccc2F)CC1. The zero-order chi connectivity index (χ0) is 18.7. The number of nitrogens with one attached hydrogen (secondary N) is 1. The fraction of sp³-hybridized carbons (Fsp3) is 0.556. The molecule has 1 saturated carbocycles. The van der Waals surface area contributed by atoms with Crippen LogP contribution in [0.1, 0.15) is 37.7 Å². The van der Waals surface area contributed by atoms with Gasteiger partial charge in [-0.05, 0) is 38.3 Å². The van der Waals surface area contributed by atoms with Crippen molar-refractivity contribution < 1.29 is 18.3 Å². The minimum atomic E-state index is -0.537. The molecule has 26 heavy (non-hydrogen) atoms. The van der Waals surface area contributed by atoms with Gasteiger partial charge in [0.1, 0.15) is 11.6 Å². The number of halogens is 2. The van der Waals surface area contributed by atoms with E-state index < -0.39 is 11.6 Å². The molecule has 6 nitrogen and oxygen atoms in total. The molecule has 1 aliphatic heterocycles. The van der Waals surface area contributed by atoms with Gasteiger partial charge in [-0.25, -0.2) is 18.6 Å². The van der Waals surface area contributed by atoms with Crippen LogP contribution in [0.25, 0.3) is 0 Å². The summed E-state index contributed by atoms with van der Waals surface area (Å²) in [7, 11) is 0. The molecule has 0 spiro atoms. The average Bonchev–Trinajstić information content (AvgIpc) is 3.34. The number of carbonyl (C=O) groups is 1. The van der Waals surface area contributed by atoms with Crippen molar-refractivity contribution in [1.82, 2.24) is 10.2 Å². The lowest BCUT2D eigenvalue weighted by molar-refractivity contribution is 0.0963. The molecule has 1 aliphatic carbocycles. The van der Waals surface area contributed by atoms with E-state index in [9.17, 15) is 13.6 Å². The number of aliphatic imine (C=N–C) groups is 1. The Hall–Kier alpha value is -2.38. The molecule has 0 bridgehead atoms. The van der Waals surface area contributed by atoms with Gasteiger partial charge in [-0.1, -0.05) is 6.07 Å². The molecule has 142 valence electrons. The number of hydrogen-bond donors (Lipinski definition) is 2. The summed E-state index contributed by atoms with van der Waals surface area (Å²) >= 11 is 0. The second-order valence-electron chi connectivity index (χ2n) is 6.66. The van der Waals surface area contributed by atoms with Crippen LogP contribution >= 0.6 is 0 Å². The van der Waals surface area contributed by atoms with E-state index in [1.165, 1.54) is 18.2 Å². The van der Waals surface area contributed by atoms with Crippen LogP contribution in [-0.2, 0) is 4.74 Å². The maximum absolute atomic E-state index is 13.8. The molecule has 0 radical (unpaired) electrons. The number of piperidine rings is 1. The largest absolute Gasteiger partial charge is 0.450 e. The Morgan fingerprint density at radius 1 is 1.35 bits per heavy atom. The predicted molar refractivity (Wildman–Crippen MR) is 93.9 cm³/mol. The molecule has 1 heterocycles. The number of hydrogen-bond acceptors (Lipinski definition) is 3. The fourth-order valence-electron chi connectivity index (χ4n) is 3.35. The van der Waals surface area contributed by atoms with E-state index in [1.54, 1.807) is 11.8 Å². The first-order valence-electron chi connectivity index (χ1n) is 8.95. The summed E-state index contributed by atoms with van der Waals surface area (Å²) in [6.07, 6.45) is 1.78. The fourth-order valence-corrected chi connectivity index (χ4v) is 3.35. The molecule has 1 aromatic rings. The third-order valence-electron chi connectivity index (χ3n) is 4.81. The van der Waals surface area contributed by atoms with Crippen LogP contribution < -0.4 is 11.1 Å². The van der Waals surface area contributed by atoms with E-state index in [2.05, 4.69) is 10.3 Å². The van der Waals surface area contributed by atoms with E-state index in [0.29, 0.717) is 26.1 Å². The maximum atomic E-state index is 13.8. The number of ether oxygens (including phenoxy) is 1. The van der Waals surface area contributed by atoms with E-state index in [0.717, 1.165) is 12.8 Å². The average molecular weight is 366 g/mol. The first-order chi connectivity index (χ1) is 12.5. The van der Waals surface area contributed by atoms with Crippen molar-refractivity contribution in [3.8, 4) is 0 Å². The van der Waals surface area contributed by atoms with Gasteiger partial charge in [0.15, 0.2) is 5.96 Å². The molecule has 0 aromatic heterocycles. The highest BCUT2D eigenvalue weighted by Gasteiger charge is 2.42. The quantitative estimate of drug-likeness (QED) is 0.633. The first kappa shape index (κ1) is 18.4. The molecule has 2 fully saturated rings. The van der Waals surface area contributed by atoms with Crippen LogP contribution in [0.15, 0.2) is 23.2 Å². The van der Waals surface area contributed by atoms with Crippen molar-refractivity contribution in [2.24, 2.45) is 10.7 Å². The predicted octanol–water partition coefficient (Wildman–Crippen LogP) is 2.35. The standard InChI is InChI=1S/C18H24F2N4O2/c1-2-26-18(25)24-8-6-11(7-9-24)22-17(21)23-15-10-12(15)16-13(19)4-3-5-14(16)20/h3-5,11-12,15H,2,6-10H2,1H3,(H3,21,22,23). The van der Waals surface area contributed by atoms with Crippen LogP contribution in [-0.4, -0.2) is 48.7 Å². The molecule has 1 aromatic carbocycles. The number of benzene rings is 1. The Bertz CT molecular complexity index is 670. The molecule has 8 heteroatoms. The summed E-state index contributed by atoms with van der Waals surface area (Å²) in [5.74, 6) is -1.05. The second-order valence-corrected chi connectivity index (χ2v) is 6.66. The normalized spacial score (nSPS) is 23.7. The third kappa shape index (κ3) is 4.23. The number of nitrogens with zero attached hydrogens (tertiary/aromatic N) is 2. The topological polar surface area (TPSA) is 80.0 Å². The summed E-state index contributed by atoms with van der Waals surface area (Å²) in [4.78, 5) is 17.7. The number of carbonyl (C=O) groups excluding carboxylic acids is 1. The van der Waals surface area contributed by atoms with Crippen LogP contribution in [0.5, 0.6) is 0 Å². The van der Waals surface area contributed by atoms with Gasteiger partial charge in [0.05, 0.1) is 12.6 Å². The van der Waals surface area contributed by atoms with Crippen LogP contribution in [0.2, 0.25) is 0 Å². The highest BCUT2D eigenvalue weighted by atomic mass is 19.1. The van der Waals surface area contributed by atoms with Gasteiger partial charge in [-0.15, -0.1) is 0 Å². The van der Waals surface area contributed by atoms with Crippen molar-refractivity contribution in [2.45, 2.75) is 44.2 Å². The summed E-state index contributed by atoms with van der Waals surface area (Å²) in [6, 6.07) is 3.79. The number of guanidine groups is 1. The van der Waals surface area contributed by atoms with Crippen molar-refractivity contribution in [3.63, 3.8) is 0 Å². The summed E-state index contributed by atoms with van der Waals surface area (Å²) in [5.41, 5.74) is 6.04. The summed E-state index contributed by atoms with van der Waals surface area (Å²) in [6.45, 7) is 3.33. The van der Waals surface area contributed by atoms with E-state index in [1.807, 2.05) is 0 Å². The monoisotopic (exact) mass is 366 g/mol. The van der Waals surface area contributed by atoms with Crippen LogP contribution in [0.3, 0.4) is 0 Å². The molecular weight excluding hydrogens is 342 g/mol. The third-order valence-corrected chi connectivity index (χ3v) is 4.81. The van der Waals surface area contributed by atoms with Crippen molar-refractivity contribution in [1.29, 1.82) is 0 Å².